The van der Waals surface area contributed by atoms with E-state index in [-0.39, 0.29) is 0 Å². The van der Waals surface area contributed by atoms with Crippen molar-refractivity contribution in [3.63, 3.8) is 0 Å². The van der Waals surface area contributed by atoms with Gasteiger partial charge in [0.1, 0.15) is 10.8 Å². The zero-order valence-corrected chi connectivity index (χ0v) is 14.6. The number of methoxy groups -OCH3 is 1. The number of rotatable bonds is 5. The van der Waals surface area contributed by atoms with E-state index in [0.717, 1.165) is 23.3 Å². The second-order valence-electron chi connectivity index (χ2n) is 5.44. The number of halogens is 3. The Morgan fingerprint density at radius 1 is 0.923 bits per heavy atom. The van der Waals surface area contributed by atoms with Crippen LogP contribution in [0.25, 0.3) is 11.3 Å². The van der Waals surface area contributed by atoms with Crippen molar-refractivity contribution in [3.05, 3.63) is 71.8 Å². The summed E-state index contributed by atoms with van der Waals surface area (Å²) in [6, 6.07) is 16.3. The first-order chi connectivity index (χ1) is 12.5. The van der Waals surface area contributed by atoms with Crippen LogP contribution in [-0.2, 0) is 11.9 Å². The number of ether oxygens (including phenoxy) is 1. The van der Waals surface area contributed by atoms with E-state index >= 15 is 0 Å². The van der Waals surface area contributed by atoms with Crippen molar-refractivity contribution in [2.75, 3.05) is 7.11 Å². The van der Waals surface area contributed by atoms with Crippen LogP contribution in [0, 0.1) is 0 Å². The normalized spacial score (nSPS) is 11.4. The fourth-order valence-corrected chi connectivity index (χ4v) is 3.11. The minimum atomic E-state index is -4.31. The summed E-state index contributed by atoms with van der Waals surface area (Å²) < 4.78 is 43.0. The highest BCUT2D eigenvalue weighted by atomic mass is 32.2. The van der Waals surface area contributed by atoms with Crippen LogP contribution in [0.2, 0.25) is 0 Å². The number of benzene rings is 2. The van der Waals surface area contributed by atoms with Crippen LogP contribution in [0.3, 0.4) is 0 Å². The summed E-state index contributed by atoms with van der Waals surface area (Å²) >= 11 is 1.41. The first-order valence-electron chi connectivity index (χ1n) is 7.73. The number of thioether (sulfide) groups is 1. The van der Waals surface area contributed by atoms with Crippen molar-refractivity contribution < 1.29 is 17.9 Å². The van der Waals surface area contributed by atoms with E-state index < -0.39 is 11.7 Å². The number of aromatic nitrogens is 2. The Balaban J connectivity index is 1.66. The zero-order valence-electron chi connectivity index (χ0n) is 13.8. The molecule has 0 atom stereocenters. The van der Waals surface area contributed by atoms with Crippen LogP contribution in [0.15, 0.2) is 65.7 Å². The molecule has 0 aliphatic carbocycles. The Kier molecular flexibility index (Phi) is 5.46. The highest BCUT2D eigenvalue weighted by Gasteiger charge is 2.29. The molecule has 0 N–H and O–H groups in total. The SMILES string of the molecule is COc1ccccc1-c1ccc(SCc2ccc(C(F)(F)F)cc2)nn1. The van der Waals surface area contributed by atoms with Gasteiger partial charge in [0.2, 0.25) is 0 Å². The van der Waals surface area contributed by atoms with Crippen molar-refractivity contribution in [2.45, 2.75) is 17.0 Å². The average molecular weight is 376 g/mol. The third-order valence-corrected chi connectivity index (χ3v) is 4.68. The molecular weight excluding hydrogens is 361 g/mol. The van der Waals surface area contributed by atoms with E-state index in [0.29, 0.717) is 22.2 Å². The quantitative estimate of drug-likeness (QED) is 0.554. The van der Waals surface area contributed by atoms with Gasteiger partial charge in [-0.2, -0.15) is 13.2 Å². The predicted molar refractivity (Wildman–Crippen MR) is 95.0 cm³/mol. The number of hydrogen-bond donors (Lipinski definition) is 0. The fraction of sp³-hybridized carbons (Fsp3) is 0.158. The molecule has 0 fully saturated rings. The molecule has 3 nitrogen and oxygen atoms in total. The maximum atomic E-state index is 12.6. The van der Waals surface area contributed by atoms with E-state index in [9.17, 15) is 13.2 Å². The lowest BCUT2D eigenvalue weighted by Crippen LogP contribution is -2.04. The molecule has 0 amide bonds. The molecule has 0 aliphatic heterocycles. The molecule has 26 heavy (non-hydrogen) atoms. The molecule has 1 aromatic heterocycles. The molecule has 134 valence electrons. The summed E-state index contributed by atoms with van der Waals surface area (Å²) in [4.78, 5) is 0. The van der Waals surface area contributed by atoms with Crippen LogP contribution in [0.5, 0.6) is 5.75 Å². The van der Waals surface area contributed by atoms with Crippen molar-refractivity contribution >= 4 is 11.8 Å². The largest absolute Gasteiger partial charge is 0.496 e. The van der Waals surface area contributed by atoms with Gasteiger partial charge in [-0.1, -0.05) is 36.0 Å². The molecule has 1 heterocycles. The van der Waals surface area contributed by atoms with E-state index in [1.54, 1.807) is 7.11 Å². The van der Waals surface area contributed by atoms with Crippen LogP contribution in [0.4, 0.5) is 13.2 Å². The van der Waals surface area contributed by atoms with Crippen LogP contribution >= 0.6 is 11.8 Å². The lowest BCUT2D eigenvalue weighted by Gasteiger charge is -2.08. The first-order valence-corrected chi connectivity index (χ1v) is 8.72. The van der Waals surface area contributed by atoms with Gasteiger partial charge in [-0.25, -0.2) is 0 Å². The summed E-state index contributed by atoms with van der Waals surface area (Å²) in [7, 11) is 1.60. The average Bonchev–Trinajstić information content (AvgIpc) is 2.66. The Hall–Kier alpha value is -2.54. The molecule has 0 unspecified atom stereocenters. The van der Waals surface area contributed by atoms with Gasteiger partial charge in [-0.3, -0.25) is 0 Å². The molecule has 3 rings (SSSR count). The smallest absolute Gasteiger partial charge is 0.416 e. The van der Waals surface area contributed by atoms with Crippen LogP contribution in [-0.4, -0.2) is 17.3 Å². The van der Waals surface area contributed by atoms with Crippen molar-refractivity contribution in [1.29, 1.82) is 0 Å². The molecule has 2 aromatic carbocycles. The van der Waals surface area contributed by atoms with Crippen molar-refractivity contribution in [2.24, 2.45) is 0 Å². The minimum absolute atomic E-state index is 0.515. The Morgan fingerprint density at radius 2 is 1.65 bits per heavy atom. The lowest BCUT2D eigenvalue weighted by molar-refractivity contribution is -0.137. The molecule has 3 aromatic rings. The number of nitrogens with zero attached hydrogens (tertiary/aromatic N) is 2. The Bertz CT molecular complexity index is 865. The van der Waals surface area contributed by atoms with Crippen LogP contribution < -0.4 is 4.74 Å². The molecule has 0 saturated carbocycles. The minimum Gasteiger partial charge on any atom is -0.496 e. The highest BCUT2D eigenvalue weighted by molar-refractivity contribution is 7.98. The van der Waals surface area contributed by atoms with Gasteiger partial charge in [0.05, 0.1) is 18.4 Å². The first kappa shape index (κ1) is 18.3. The molecular formula is C19H15F3N2OS. The number of hydrogen-bond acceptors (Lipinski definition) is 4. The summed E-state index contributed by atoms with van der Waals surface area (Å²) in [6.07, 6.45) is -4.31. The second-order valence-corrected chi connectivity index (χ2v) is 6.44. The standard InChI is InChI=1S/C19H15F3N2OS/c1-25-17-5-3-2-4-15(17)16-10-11-18(24-23-16)26-12-13-6-8-14(9-7-13)19(20,21)22/h2-11H,12H2,1H3. The summed E-state index contributed by atoms with van der Waals surface area (Å²) in [5.74, 6) is 1.23. The lowest BCUT2D eigenvalue weighted by atomic mass is 10.1. The third kappa shape index (κ3) is 4.35. The number of para-hydroxylation sites is 1. The summed E-state index contributed by atoms with van der Waals surface area (Å²) in [5, 5.41) is 9.09. The third-order valence-electron chi connectivity index (χ3n) is 3.69. The Labute approximate surface area is 153 Å². The molecule has 0 radical (unpaired) electrons. The van der Waals surface area contributed by atoms with Crippen molar-refractivity contribution in [3.8, 4) is 17.0 Å². The fourth-order valence-electron chi connectivity index (χ4n) is 2.34. The van der Waals surface area contributed by atoms with E-state index in [2.05, 4.69) is 10.2 Å². The maximum Gasteiger partial charge on any atom is 0.416 e. The summed E-state index contributed by atoms with van der Waals surface area (Å²) in [6.45, 7) is 0. The van der Waals surface area contributed by atoms with Crippen LogP contribution in [0.1, 0.15) is 11.1 Å². The van der Waals surface area contributed by atoms with E-state index in [1.807, 2.05) is 36.4 Å². The molecule has 0 aliphatic rings. The van der Waals surface area contributed by atoms with Gasteiger partial charge in [0.15, 0.2) is 0 Å². The van der Waals surface area contributed by atoms with E-state index in [1.165, 1.54) is 23.9 Å². The van der Waals surface area contributed by atoms with Gasteiger partial charge in [0.25, 0.3) is 0 Å². The molecule has 0 spiro atoms. The van der Waals surface area contributed by atoms with Gasteiger partial charge >= 0.3 is 6.18 Å². The summed E-state index contributed by atoms with van der Waals surface area (Å²) in [5.41, 5.74) is 1.69. The van der Waals surface area contributed by atoms with Gasteiger partial charge in [-0.15, -0.1) is 10.2 Å². The highest BCUT2D eigenvalue weighted by Crippen LogP contribution is 2.31. The Morgan fingerprint density at radius 3 is 2.27 bits per heavy atom. The number of alkyl halides is 3. The maximum absolute atomic E-state index is 12.6. The van der Waals surface area contributed by atoms with Gasteiger partial charge < -0.3 is 4.74 Å². The van der Waals surface area contributed by atoms with Gasteiger partial charge in [0, 0.05) is 11.3 Å². The molecule has 7 heteroatoms. The molecule has 0 bridgehead atoms. The topological polar surface area (TPSA) is 35.0 Å². The van der Waals surface area contributed by atoms with E-state index in [4.69, 9.17) is 4.74 Å². The van der Waals surface area contributed by atoms with Gasteiger partial charge in [-0.05, 0) is 42.0 Å². The predicted octanol–water partition coefficient (Wildman–Crippen LogP) is 5.46. The second kappa shape index (κ2) is 7.78. The molecule has 0 saturated heterocycles. The monoisotopic (exact) mass is 376 g/mol. The zero-order chi connectivity index (χ0) is 18.6. The van der Waals surface area contributed by atoms with Crippen molar-refractivity contribution in [1.82, 2.24) is 10.2 Å².